The lowest BCUT2D eigenvalue weighted by Gasteiger charge is -2.37. The summed E-state index contributed by atoms with van der Waals surface area (Å²) in [5, 5.41) is 4.74. The number of aromatic nitrogens is 3. The zero-order chi connectivity index (χ0) is 25.3. The van der Waals surface area contributed by atoms with Gasteiger partial charge in [-0.2, -0.15) is 0 Å². The summed E-state index contributed by atoms with van der Waals surface area (Å²) in [6.07, 6.45) is 3.52. The largest absolute Gasteiger partial charge is 0.469 e. The summed E-state index contributed by atoms with van der Waals surface area (Å²) in [5.41, 5.74) is 1.91. The minimum Gasteiger partial charge on any atom is -0.469 e. The fourth-order valence-corrected chi connectivity index (χ4v) is 4.55. The SMILES string of the molecule is COC(=O)C1CC(Nc2ncc(Cl)c(-c3cn(C)c4ccccc34)n2)CN(C(=O)OC(C)(C)C)C1. The average Bonchev–Trinajstić information content (AvgIpc) is 3.15. The first-order chi connectivity index (χ1) is 16.6. The Balaban J connectivity index is 1.61. The summed E-state index contributed by atoms with van der Waals surface area (Å²) in [6, 6.07) is 7.73. The third-order valence-corrected chi connectivity index (χ3v) is 6.14. The Bertz CT molecular complexity index is 1250. The lowest BCUT2D eigenvalue weighted by atomic mass is 9.94. The molecule has 3 aromatic rings. The number of rotatable bonds is 4. The van der Waals surface area contributed by atoms with Crippen molar-refractivity contribution in [3.05, 3.63) is 41.7 Å². The van der Waals surface area contributed by atoms with E-state index in [0.29, 0.717) is 29.6 Å². The number of hydrogen-bond acceptors (Lipinski definition) is 7. The Morgan fingerprint density at radius 1 is 1.20 bits per heavy atom. The predicted octanol–water partition coefficient (Wildman–Crippen LogP) is 4.50. The van der Waals surface area contributed by atoms with Crippen molar-refractivity contribution < 1.29 is 19.1 Å². The van der Waals surface area contributed by atoms with Crippen LogP contribution in [0.25, 0.3) is 22.2 Å². The van der Waals surface area contributed by atoms with Crippen molar-refractivity contribution in [1.82, 2.24) is 19.4 Å². The zero-order valence-corrected chi connectivity index (χ0v) is 21.3. The smallest absolute Gasteiger partial charge is 0.410 e. The van der Waals surface area contributed by atoms with Gasteiger partial charge < -0.3 is 24.3 Å². The van der Waals surface area contributed by atoms with Crippen molar-refractivity contribution in [3.63, 3.8) is 0 Å². The van der Waals surface area contributed by atoms with Crippen molar-refractivity contribution in [2.24, 2.45) is 13.0 Å². The highest BCUT2D eigenvalue weighted by molar-refractivity contribution is 6.33. The van der Waals surface area contributed by atoms with E-state index in [1.54, 1.807) is 27.0 Å². The van der Waals surface area contributed by atoms with E-state index < -0.39 is 17.6 Å². The molecule has 186 valence electrons. The number of para-hydroxylation sites is 1. The van der Waals surface area contributed by atoms with E-state index in [4.69, 9.17) is 26.1 Å². The second-order valence-corrected chi connectivity index (χ2v) is 10.2. The van der Waals surface area contributed by atoms with Gasteiger partial charge in [0.25, 0.3) is 0 Å². The number of nitrogens with one attached hydrogen (secondary N) is 1. The Kier molecular flexibility index (Phi) is 6.89. The molecule has 1 aromatic carbocycles. The molecule has 2 unspecified atom stereocenters. The number of halogens is 1. The topological polar surface area (TPSA) is 98.6 Å². The number of methoxy groups -OCH3 is 1. The fraction of sp³-hybridized carbons (Fsp3) is 0.440. The lowest BCUT2D eigenvalue weighted by Crippen LogP contribution is -2.52. The molecule has 0 aliphatic carbocycles. The van der Waals surface area contributed by atoms with Gasteiger partial charge in [0.2, 0.25) is 5.95 Å². The van der Waals surface area contributed by atoms with Crippen LogP contribution in [0.15, 0.2) is 36.7 Å². The quantitative estimate of drug-likeness (QED) is 0.527. The van der Waals surface area contributed by atoms with E-state index in [2.05, 4.69) is 10.3 Å². The maximum absolute atomic E-state index is 12.8. The Hall–Kier alpha value is -3.33. The monoisotopic (exact) mass is 499 g/mol. The molecule has 1 aliphatic heterocycles. The van der Waals surface area contributed by atoms with Crippen LogP contribution in [0.4, 0.5) is 10.7 Å². The molecular formula is C25H30ClN5O4. The molecule has 0 spiro atoms. The lowest BCUT2D eigenvalue weighted by molar-refractivity contribution is -0.147. The van der Waals surface area contributed by atoms with Crippen LogP contribution in [0.1, 0.15) is 27.2 Å². The van der Waals surface area contributed by atoms with E-state index in [1.165, 1.54) is 12.0 Å². The van der Waals surface area contributed by atoms with Crippen LogP contribution in [0.5, 0.6) is 0 Å². The number of hydrogen-bond donors (Lipinski definition) is 1. The molecule has 2 atom stereocenters. The van der Waals surface area contributed by atoms with Gasteiger partial charge >= 0.3 is 12.1 Å². The van der Waals surface area contributed by atoms with E-state index in [9.17, 15) is 9.59 Å². The van der Waals surface area contributed by atoms with Crippen LogP contribution in [-0.4, -0.2) is 63.3 Å². The van der Waals surface area contributed by atoms with Crippen molar-refractivity contribution in [2.45, 2.75) is 38.8 Å². The Morgan fingerprint density at radius 3 is 2.66 bits per heavy atom. The molecule has 35 heavy (non-hydrogen) atoms. The zero-order valence-electron chi connectivity index (χ0n) is 20.5. The number of benzene rings is 1. The standard InChI is InChI=1S/C25H30ClN5O4/c1-25(2,3)35-24(33)31-12-15(22(32)34-5)10-16(13-31)28-23-27-11-19(26)21(29-23)18-14-30(4)20-9-7-6-8-17(18)20/h6-9,11,14-16H,10,12-13H2,1-5H3,(H,27,28,29). The van der Waals surface area contributed by atoms with Gasteiger partial charge in [0.1, 0.15) is 5.60 Å². The number of anilines is 1. The van der Waals surface area contributed by atoms with E-state index in [0.717, 1.165) is 16.5 Å². The number of esters is 1. The number of piperidine rings is 1. The molecule has 4 rings (SSSR count). The van der Waals surface area contributed by atoms with Crippen molar-refractivity contribution in [3.8, 4) is 11.3 Å². The van der Waals surface area contributed by atoms with Gasteiger partial charge in [-0.05, 0) is 33.3 Å². The molecule has 1 fully saturated rings. The first-order valence-corrected chi connectivity index (χ1v) is 11.8. The van der Waals surface area contributed by atoms with Crippen LogP contribution in [-0.2, 0) is 21.3 Å². The summed E-state index contributed by atoms with van der Waals surface area (Å²) < 4.78 is 12.5. The molecule has 10 heteroatoms. The van der Waals surface area contributed by atoms with E-state index in [-0.39, 0.29) is 18.6 Å². The van der Waals surface area contributed by atoms with E-state index in [1.807, 2.05) is 42.1 Å². The molecule has 0 bridgehead atoms. The van der Waals surface area contributed by atoms with Crippen molar-refractivity contribution in [2.75, 3.05) is 25.5 Å². The molecule has 9 nitrogen and oxygen atoms in total. The third kappa shape index (κ3) is 5.51. The molecule has 0 saturated carbocycles. The number of carbonyl (C=O) groups excluding carboxylic acids is 2. The molecule has 1 aliphatic rings. The molecule has 2 aromatic heterocycles. The molecule has 3 heterocycles. The van der Waals surface area contributed by atoms with Crippen molar-refractivity contribution >= 4 is 40.5 Å². The van der Waals surface area contributed by atoms with Gasteiger partial charge in [0.15, 0.2) is 0 Å². The van der Waals surface area contributed by atoms with Crippen LogP contribution in [0, 0.1) is 5.92 Å². The number of nitrogens with zero attached hydrogens (tertiary/aromatic N) is 4. The van der Waals surface area contributed by atoms with Crippen LogP contribution in [0.3, 0.4) is 0 Å². The number of likely N-dealkylation sites (tertiary alicyclic amines) is 1. The van der Waals surface area contributed by atoms with E-state index >= 15 is 0 Å². The molecule has 1 N–H and O–H groups in total. The summed E-state index contributed by atoms with van der Waals surface area (Å²) >= 11 is 6.50. The minimum atomic E-state index is -0.648. The fourth-order valence-electron chi connectivity index (χ4n) is 4.36. The molecular weight excluding hydrogens is 470 g/mol. The number of fused-ring (bicyclic) bond motifs is 1. The van der Waals surface area contributed by atoms with Gasteiger partial charge in [-0.15, -0.1) is 0 Å². The summed E-state index contributed by atoms with van der Waals surface area (Å²) in [5.74, 6) is -0.515. The van der Waals surface area contributed by atoms with Gasteiger partial charge in [0, 0.05) is 48.8 Å². The van der Waals surface area contributed by atoms with Crippen molar-refractivity contribution in [1.29, 1.82) is 0 Å². The number of aryl methyl sites for hydroxylation is 1. The first-order valence-electron chi connectivity index (χ1n) is 11.4. The number of amides is 1. The van der Waals surface area contributed by atoms with Crippen LogP contribution in [0.2, 0.25) is 5.02 Å². The van der Waals surface area contributed by atoms with Gasteiger partial charge in [0.05, 0.1) is 29.9 Å². The highest BCUT2D eigenvalue weighted by atomic mass is 35.5. The normalized spacial score (nSPS) is 18.4. The Morgan fingerprint density at radius 2 is 1.94 bits per heavy atom. The van der Waals surface area contributed by atoms with Gasteiger partial charge in [-0.3, -0.25) is 4.79 Å². The van der Waals surface area contributed by atoms with Gasteiger partial charge in [-0.1, -0.05) is 29.8 Å². The second-order valence-electron chi connectivity index (χ2n) is 9.74. The second kappa shape index (κ2) is 9.73. The van der Waals surface area contributed by atoms with Crippen LogP contribution < -0.4 is 5.32 Å². The minimum absolute atomic E-state index is 0.225. The summed E-state index contributed by atoms with van der Waals surface area (Å²) in [4.78, 5) is 35.7. The average molecular weight is 500 g/mol. The summed E-state index contributed by atoms with van der Waals surface area (Å²) in [7, 11) is 3.32. The highest BCUT2D eigenvalue weighted by Gasteiger charge is 2.36. The number of ether oxygens (including phenoxy) is 2. The molecule has 1 amide bonds. The third-order valence-electron chi connectivity index (χ3n) is 5.87. The molecule has 1 saturated heterocycles. The first kappa shape index (κ1) is 24.8. The van der Waals surface area contributed by atoms with Gasteiger partial charge in [-0.25, -0.2) is 14.8 Å². The maximum Gasteiger partial charge on any atom is 0.410 e. The maximum atomic E-state index is 12.8. The summed E-state index contributed by atoms with van der Waals surface area (Å²) in [6.45, 7) is 5.97. The Labute approximate surface area is 209 Å². The highest BCUT2D eigenvalue weighted by Crippen LogP contribution is 2.34. The number of carbonyl (C=O) groups is 2. The van der Waals surface area contributed by atoms with Crippen LogP contribution >= 0.6 is 11.6 Å². The predicted molar refractivity (Wildman–Crippen MR) is 134 cm³/mol. The molecule has 0 radical (unpaired) electrons.